The standard InChI is InChI=1S/C26H24F3NO4/c1-16-14-23(12-8-18(16)9-13-24(31)32)34-22-5-3-4-20(15-22)25(33)30-17(2)19-6-10-21(11-7-19)26(27,28)29/h3-8,10-12,14-15,17H,9,13H2,1-2H3,(H,30,33)(H,31,32). The highest BCUT2D eigenvalue weighted by Gasteiger charge is 2.30. The lowest BCUT2D eigenvalue weighted by atomic mass is 10.0. The Morgan fingerprint density at radius 2 is 1.68 bits per heavy atom. The van der Waals surface area contributed by atoms with E-state index >= 15 is 0 Å². The average molecular weight is 471 g/mol. The van der Waals surface area contributed by atoms with Crippen LogP contribution in [0.2, 0.25) is 0 Å². The number of carbonyl (C=O) groups is 2. The predicted molar refractivity (Wildman–Crippen MR) is 121 cm³/mol. The summed E-state index contributed by atoms with van der Waals surface area (Å²) in [5.41, 5.74) is 1.96. The van der Waals surface area contributed by atoms with E-state index in [2.05, 4.69) is 5.32 Å². The molecule has 0 saturated carbocycles. The molecule has 2 N–H and O–H groups in total. The second kappa shape index (κ2) is 10.4. The first kappa shape index (κ1) is 24.8. The smallest absolute Gasteiger partial charge is 0.416 e. The Labute approximate surface area is 195 Å². The van der Waals surface area contributed by atoms with E-state index in [9.17, 15) is 22.8 Å². The minimum Gasteiger partial charge on any atom is -0.481 e. The number of ether oxygens (including phenoxy) is 1. The number of amides is 1. The van der Waals surface area contributed by atoms with E-state index in [-0.39, 0.29) is 6.42 Å². The van der Waals surface area contributed by atoms with E-state index in [1.807, 2.05) is 13.0 Å². The van der Waals surface area contributed by atoms with Gasteiger partial charge in [0.2, 0.25) is 0 Å². The molecule has 34 heavy (non-hydrogen) atoms. The summed E-state index contributed by atoms with van der Waals surface area (Å²) in [7, 11) is 0. The number of alkyl halides is 3. The van der Waals surface area contributed by atoms with Gasteiger partial charge in [0.05, 0.1) is 11.6 Å². The number of carbonyl (C=O) groups excluding carboxylic acids is 1. The number of halogens is 3. The highest BCUT2D eigenvalue weighted by molar-refractivity contribution is 5.94. The van der Waals surface area contributed by atoms with Crippen LogP contribution in [-0.2, 0) is 17.4 Å². The Kier molecular flexibility index (Phi) is 7.61. The zero-order valence-electron chi connectivity index (χ0n) is 18.6. The largest absolute Gasteiger partial charge is 0.481 e. The van der Waals surface area contributed by atoms with Crippen LogP contribution >= 0.6 is 0 Å². The van der Waals surface area contributed by atoms with Crippen LogP contribution in [0.15, 0.2) is 66.7 Å². The Balaban J connectivity index is 1.66. The van der Waals surface area contributed by atoms with Crippen LogP contribution in [0, 0.1) is 6.92 Å². The summed E-state index contributed by atoms with van der Waals surface area (Å²) in [5, 5.41) is 11.6. The lowest BCUT2D eigenvalue weighted by molar-refractivity contribution is -0.138. The summed E-state index contributed by atoms with van der Waals surface area (Å²) in [6, 6.07) is 16.1. The van der Waals surface area contributed by atoms with Crippen LogP contribution in [0.1, 0.15) is 52.0 Å². The number of hydrogen-bond donors (Lipinski definition) is 2. The molecule has 0 heterocycles. The molecule has 0 spiro atoms. The Bertz CT molecular complexity index is 1170. The van der Waals surface area contributed by atoms with Crippen LogP contribution in [-0.4, -0.2) is 17.0 Å². The predicted octanol–water partition coefficient (Wildman–Crippen LogP) is 6.31. The molecule has 8 heteroatoms. The summed E-state index contributed by atoms with van der Waals surface area (Å²) in [6.07, 6.45) is -3.94. The molecule has 0 radical (unpaired) electrons. The van der Waals surface area contributed by atoms with Gasteiger partial charge in [-0.25, -0.2) is 0 Å². The van der Waals surface area contributed by atoms with Gasteiger partial charge in [-0.05, 0) is 79.4 Å². The summed E-state index contributed by atoms with van der Waals surface area (Å²) in [6.45, 7) is 3.56. The number of carboxylic acids is 1. The minimum atomic E-state index is -4.41. The van der Waals surface area contributed by atoms with Crippen molar-refractivity contribution in [3.05, 3.63) is 94.5 Å². The van der Waals surface area contributed by atoms with Crippen molar-refractivity contribution in [1.82, 2.24) is 5.32 Å². The fourth-order valence-corrected chi connectivity index (χ4v) is 3.41. The molecule has 178 valence electrons. The number of aliphatic carboxylic acids is 1. The van der Waals surface area contributed by atoms with Crippen molar-refractivity contribution in [2.75, 3.05) is 0 Å². The summed E-state index contributed by atoms with van der Waals surface area (Å²) in [4.78, 5) is 23.5. The minimum absolute atomic E-state index is 0.0447. The second-order valence-electron chi connectivity index (χ2n) is 7.93. The van der Waals surface area contributed by atoms with Gasteiger partial charge >= 0.3 is 12.1 Å². The topological polar surface area (TPSA) is 75.6 Å². The normalized spacial score (nSPS) is 12.1. The van der Waals surface area contributed by atoms with Crippen LogP contribution < -0.4 is 10.1 Å². The molecule has 1 atom stereocenters. The van der Waals surface area contributed by atoms with Gasteiger partial charge in [0.1, 0.15) is 11.5 Å². The fraction of sp³-hybridized carbons (Fsp3) is 0.231. The van der Waals surface area contributed by atoms with Crippen molar-refractivity contribution in [3.8, 4) is 11.5 Å². The summed E-state index contributed by atoms with van der Waals surface area (Å²) < 4.78 is 44.1. The zero-order valence-corrected chi connectivity index (χ0v) is 18.6. The number of rotatable bonds is 8. The highest BCUT2D eigenvalue weighted by Crippen LogP contribution is 2.30. The van der Waals surface area contributed by atoms with Gasteiger partial charge in [0.15, 0.2) is 0 Å². The van der Waals surface area contributed by atoms with Crippen molar-refractivity contribution in [2.45, 2.75) is 38.9 Å². The SMILES string of the molecule is Cc1cc(Oc2cccc(C(=O)NC(C)c3ccc(C(F)(F)F)cc3)c2)ccc1CCC(=O)O. The van der Waals surface area contributed by atoms with Crippen molar-refractivity contribution in [3.63, 3.8) is 0 Å². The van der Waals surface area contributed by atoms with Gasteiger partial charge < -0.3 is 15.2 Å². The van der Waals surface area contributed by atoms with E-state index in [1.54, 1.807) is 43.3 Å². The highest BCUT2D eigenvalue weighted by atomic mass is 19.4. The molecular formula is C26H24F3NO4. The molecule has 0 bridgehead atoms. The maximum absolute atomic E-state index is 12.7. The monoisotopic (exact) mass is 471 g/mol. The third-order valence-corrected chi connectivity index (χ3v) is 5.34. The fourth-order valence-electron chi connectivity index (χ4n) is 3.41. The van der Waals surface area contributed by atoms with E-state index < -0.39 is 29.7 Å². The molecule has 1 amide bonds. The molecule has 1 unspecified atom stereocenters. The Morgan fingerprint density at radius 1 is 1.00 bits per heavy atom. The molecular weight excluding hydrogens is 447 g/mol. The lowest BCUT2D eigenvalue weighted by Gasteiger charge is -2.16. The van der Waals surface area contributed by atoms with Crippen LogP contribution in [0.4, 0.5) is 13.2 Å². The molecule has 0 saturated heterocycles. The van der Waals surface area contributed by atoms with Crippen molar-refractivity contribution in [1.29, 1.82) is 0 Å². The van der Waals surface area contributed by atoms with Crippen molar-refractivity contribution >= 4 is 11.9 Å². The molecule has 0 aliphatic rings. The van der Waals surface area contributed by atoms with Gasteiger partial charge in [-0.1, -0.05) is 24.3 Å². The van der Waals surface area contributed by atoms with E-state index in [0.717, 1.165) is 23.3 Å². The third kappa shape index (κ3) is 6.60. The number of benzene rings is 3. The van der Waals surface area contributed by atoms with Crippen molar-refractivity contribution in [2.24, 2.45) is 0 Å². The maximum atomic E-state index is 12.7. The van der Waals surface area contributed by atoms with Gasteiger partial charge in [-0.15, -0.1) is 0 Å². The average Bonchev–Trinajstić information content (AvgIpc) is 2.78. The van der Waals surface area contributed by atoms with Gasteiger partial charge in [0, 0.05) is 12.0 Å². The number of carboxylic acid groups (broad SMARTS) is 1. The third-order valence-electron chi connectivity index (χ3n) is 5.34. The first-order chi connectivity index (χ1) is 16.0. The Hall–Kier alpha value is -3.81. The molecule has 0 aliphatic carbocycles. The van der Waals surface area contributed by atoms with E-state index in [0.29, 0.717) is 29.0 Å². The van der Waals surface area contributed by atoms with Crippen molar-refractivity contribution < 1.29 is 32.6 Å². The second-order valence-corrected chi connectivity index (χ2v) is 7.93. The molecule has 0 aromatic heterocycles. The number of nitrogens with one attached hydrogen (secondary N) is 1. The molecule has 3 aromatic rings. The van der Waals surface area contributed by atoms with E-state index in [1.165, 1.54) is 12.1 Å². The molecule has 3 rings (SSSR count). The van der Waals surface area contributed by atoms with Crippen LogP contribution in [0.25, 0.3) is 0 Å². The van der Waals surface area contributed by atoms with Gasteiger partial charge in [0.25, 0.3) is 5.91 Å². The van der Waals surface area contributed by atoms with Crippen LogP contribution in [0.5, 0.6) is 11.5 Å². The zero-order chi connectivity index (χ0) is 24.9. The summed E-state index contributed by atoms with van der Waals surface area (Å²) in [5.74, 6) is -0.264. The molecule has 0 fully saturated rings. The first-order valence-electron chi connectivity index (χ1n) is 10.6. The van der Waals surface area contributed by atoms with Crippen LogP contribution in [0.3, 0.4) is 0 Å². The molecule has 0 aliphatic heterocycles. The van der Waals surface area contributed by atoms with E-state index in [4.69, 9.17) is 9.84 Å². The molecule has 3 aromatic carbocycles. The summed E-state index contributed by atoms with van der Waals surface area (Å²) >= 11 is 0. The quantitative estimate of drug-likeness (QED) is 0.403. The maximum Gasteiger partial charge on any atom is 0.416 e. The molecule has 5 nitrogen and oxygen atoms in total. The number of hydrogen-bond acceptors (Lipinski definition) is 3. The number of aryl methyl sites for hydroxylation is 2. The lowest BCUT2D eigenvalue weighted by Crippen LogP contribution is -2.26. The first-order valence-corrected chi connectivity index (χ1v) is 10.6. The van der Waals surface area contributed by atoms with Gasteiger partial charge in [-0.2, -0.15) is 13.2 Å². The Morgan fingerprint density at radius 3 is 2.29 bits per heavy atom. The van der Waals surface area contributed by atoms with Gasteiger partial charge in [-0.3, -0.25) is 9.59 Å².